The number of anilines is 1. The summed E-state index contributed by atoms with van der Waals surface area (Å²) in [4.78, 5) is 28.4. The molecule has 0 fully saturated rings. The van der Waals surface area contributed by atoms with Gasteiger partial charge in [-0.25, -0.2) is 15.2 Å². The Morgan fingerprint density at radius 3 is 2.67 bits per heavy atom. The number of aromatic carboxylic acids is 1. The van der Waals surface area contributed by atoms with E-state index in [2.05, 4.69) is 15.5 Å². The molecule has 0 unspecified atom stereocenters. The maximum Gasteiger partial charge on any atom is 0.335 e. The summed E-state index contributed by atoms with van der Waals surface area (Å²) in [6, 6.07) is 13.5. The van der Waals surface area contributed by atoms with Gasteiger partial charge in [0.1, 0.15) is 0 Å². The number of aromatic nitrogens is 2. The van der Waals surface area contributed by atoms with Crippen LogP contribution in [-0.2, 0) is 11.3 Å². The van der Waals surface area contributed by atoms with Crippen LogP contribution in [0.25, 0.3) is 10.9 Å². The molecule has 0 spiro atoms. The number of rotatable bonds is 9. The van der Waals surface area contributed by atoms with Gasteiger partial charge in [0.2, 0.25) is 5.95 Å². The molecule has 0 atom stereocenters. The Balaban J connectivity index is 1.82. The molecule has 8 nitrogen and oxygen atoms in total. The molecule has 0 bridgehead atoms. The van der Waals surface area contributed by atoms with E-state index in [9.17, 15) is 9.59 Å². The average molecular weight is 408 g/mol. The molecule has 0 saturated heterocycles. The first-order valence-electron chi connectivity index (χ1n) is 9.69. The fourth-order valence-electron chi connectivity index (χ4n) is 2.88. The lowest BCUT2D eigenvalue weighted by molar-refractivity contribution is 0.0696. The van der Waals surface area contributed by atoms with Crippen LogP contribution in [0.3, 0.4) is 0 Å². The van der Waals surface area contributed by atoms with E-state index in [-0.39, 0.29) is 17.2 Å². The van der Waals surface area contributed by atoms with Crippen molar-refractivity contribution < 1.29 is 14.6 Å². The number of hydrazone groups is 1. The SMILES string of the molecule is CC(C)OCCCn1c(N/N=C\c2ccc(C(=O)O)cc2)nc2ccccc2c1=O. The molecule has 0 aliphatic carbocycles. The molecule has 0 radical (unpaired) electrons. The summed E-state index contributed by atoms with van der Waals surface area (Å²) in [6.45, 7) is 4.91. The zero-order chi connectivity index (χ0) is 21.5. The molecule has 2 aromatic carbocycles. The largest absolute Gasteiger partial charge is 0.478 e. The zero-order valence-electron chi connectivity index (χ0n) is 16.9. The minimum Gasteiger partial charge on any atom is -0.478 e. The van der Waals surface area contributed by atoms with Crippen molar-refractivity contribution in [2.45, 2.75) is 32.9 Å². The summed E-state index contributed by atoms with van der Waals surface area (Å²) >= 11 is 0. The van der Waals surface area contributed by atoms with Crippen molar-refractivity contribution in [2.75, 3.05) is 12.0 Å². The molecule has 2 N–H and O–H groups in total. The Morgan fingerprint density at radius 1 is 1.23 bits per heavy atom. The lowest BCUT2D eigenvalue weighted by Crippen LogP contribution is -2.25. The molecule has 0 saturated carbocycles. The van der Waals surface area contributed by atoms with E-state index >= 15 is 0 Å². The van der Waals surface area contributed by atoms with Crippen LogP contribution in [0.15, 0.2) is 58.4 Å². The number of hydrogen-bond donors (Lipinski definition) is 2. The highest BCUT2D eigenvalue weighted by Gasteiger charge is 2.10. The van der Waals surface area contributed by atoms with Crippen LogP contribution < -0.4 is 11.0 Å². The number of para-hydroxylation sites is 1. The Kier molecular flexibility index (Phi) is 6.92. The van der Waals surface area contributed by atoms with E-state index in [0.29, 0.717) is 42.0 Å². The standard InChI is InChI=1S/C22H24N4O4/c1-15(2)30-13-5-12-26-20(27)18-6-3-4-7-19(18)24-22(26)25-23-14-16-8-10-17(11-9-16)21(28)29/h3-4,6-11,14-15H,5,12-13H2,1-2H3,(H,24,25)(H,28,29)/b23-14-. The van der Waals surface area contributed by atoms with Crippen molar-refractivity contribution in [1.29, 1.82) is 0 Å². The summed E-state index contributed by atoms with van der Waals surface area (Å²) in [6.07, 6.45) is 2.33. The Hall–Kier alpha value is -3.52. The number of fused-ring (bicyclic) bond motifs is 1. The summed E-state index contributed by atoms with van der Waals surface area (Å²) in [5.74, 6) is -0.649. The third kappa shape index (κ3) is 5.30. The van der Waals surface area contributed by atoms with E-state index < -0.39 is 5.97 Å². The number of hydrogen-bond acceptors (Lipinski definition) is 6. The quantitative estimate of drug-likeness (QED) is 0.319. The second kappa shape index (κ2) is 9.80. The monoisotopic (exact) mass is 408 g/mol. The molecule has 1 aromatic heterocycles. The van der Waals surface area contributed by atoms with Crippen molar-refractivity contribution >= 4 is 29.0 Å². The Bertz CT molecular complexity index is 1100. The van der Waals surface area contributed by atoms with Crippen LogP contribution in [0.1, 0.15) is 36.2 Å². The Labute approximate surface area is 173 Å². The van der Waals surface area contributed by atoms with Crippen molar-refractivity contribution in [2.24, 2.45) is 5.10 Å². The van der Waals surface area contributed by atoms with Crippen LogP contribution in [-0.4, -0.2) is 39.6 Å². The molecule has 8 heteroatoms. The number of nitrogens with one attached hydrogen (secondary N) is 1. The maximum atomic E-state index is 12.9. The van der Waals surface area contributed by atoms with Gasteiger partial charge >= 0.3 is 5.97 Å². The molecule has 3 rings (SSSR count). The van der Waals surface area contributed by atoms with E-state index in [1.165, 1.54) is 12.1 Å². The molecule has 0 aliphatic rings. The van der Waals surface area contributed by atoms with Crippen LogP contribution in [0.5, 0.6) is 0 Å². The number of ether oxygens (including phenoxy) is 1. The van der Waals surface area contributed by atoms with Crippen LogP contribution in [0.4, 0.5) is 5.95 Å². The van der Waals surface area contributed by atoms with Gasteiger partial charge in [-0.2, -0.15) is 5.10 Å². The molecule has 156 valence electrons. The molecule has 3 aromatic rings. The molecule has 1 heterocycles. The number of nitrogens with zero attached hydrogens (tertiary/aromatic N) is 3. The van der Waals surface area contributed by atoms with Gasteiger partial charge in [-0.3, -0.25) is 9.36 Å². The minimum absolute atomic E-state index is 0.131. The highest BCUT2D eigenvalue weighted by atomic mass is 16.5. The van der Waals surface area contributed by atoms with Gasteiger partial charge < -0.3 is 9.84 Å². The van der Waals surface area contributed by atoms with Gasteiger partial charge in [0.15, 0.2) is 0 Å². The van der Waals surface area contributed by atoms with Crippen molar-refractivity contribution in [3.8, 4) is 0 Å². The van der Waals surface area contributed by atoms with E-state index in [4.69, 9.17) is 9.84 Å². The maximum absolute atomic E-state index is 12.9. The first kappa shape index (κ1) is 21.2. The fourth-order valence-corrected chi connectivity index (χ4v) is 2.88. The van der Waals surface area contributed by atoms with Crippen LogP contribution in [0.2, 0.25) is 0 Å². The summed E-state index contributed by atoms with van der Waals surface area (Å²) in [5.41, 5.74) is 4.20. The van der Waals surface area contributed by atoms with Crippen LogP contribution in [0, 0.1) is 0 Å². The second-order valence-electron chi connectivity index (χ2n) is 6.98. The van der Waals surface area contributed by atoms with Crippen molar-refractivity contribution in [3.05, 3.63) is 70.0 Å². The number of carboxylic acids is 1. The lowest BCUT2D eigenvalue weighted by Gasteiger charge is -2.13. The zero-order valence-corrected chi connectivity index (χ0v) is 16.9. The number of benzene rings is 2. The van der Waals surface area contributed by atoms with Gasteiger partial charge in [0.05, 0.1) is 28.8 Å². The highest BCUT2D eigenvalue weighted by Crippen LogP contribution is 2.12. The molecule has 30 heavy (non-hydrogen) atoms. The topological polar surface area (TPSA) is 106 Å². The van der Waals surface area contributed by atoms with E-state index in [1.807, 2.05) is 26.0 Å². The summed E-state index contributed by atoms with van der Waals surface area (Å²) in [7, 11) is 0. The molecule has 0 amide bonds. The first-order valence-corrected chi connectivity index (χ1v) is 9.69. The molecule has 0 aliphatic heterocycles. The fraction of sp³-hybridized carbons (Fsp3) is 0.273. The van der Waals surface area contributed by atoms with E-state index in [1.54, 1.807) is 35.0 Å². The van der Waals surface area contributed by atoms with Crippen molar-refractivity contribution in [3.63, 3.8) is 0 Å². The third-order valence-electron chi connectivity index (χ3n) is 4.37. The van der Waals surface area contributed by atoms with Gasteiger partial charge in [-0.15, -0.1) is 0 Å². The van der Waals surface area contributed by atoms with Gasteiger partial charge in [0, 0.05) is 13.2 Å². The van der Waals surface area contributed by atoms with Crippen LogP contribution >= 0.6 is 0 Å². The molecular formula is C22H24N4O4. The summed E-state index contributed by atoms with van der Waals surface area (Å²) < 4.78 is 7.12. The third-order valence-corrected chi connectivity index (χ3v) is 4.37. The molecular weight excluding hydrogens is 384 g/mol. The highest BCUT2D eigenvalue weighted by molar-refractivity contribution is 5.89. The number of carbonyl (C=O) groups is 1. The predicted molar refractivity (Wildman–Crippen MR) is 116 cm³/mol. The van der Waals surface area contributed by atoms with Gasteiger partial charge in [0.25, 0.3) is 5.56 Å². The predicted octanol–water partition coefficient (Wildman–Crippen LogP) is 3.36. The average Bonchev–Trinajstić information content (AvgIpc) is 2.73. The normalized spacial score (nSPS) is 11.4. The van der Waals surface area contributed by atoms with Gasteiger partial charge in [-0.05, 0) is 50.1 Å². The first-order chi connectivity index (χ1) is 14.5. The second-order valence-corrected chi connectivity index (χ2v) is 6.98. The minimum atomic E-state index is -0.984. The smallest absolute Gasteiger partial charge is 0.335 e. The summed E-state index contributed by atoms with van der Waals surface area (Å²) in [5, 5.41) is 13.7. The number of carboxylic acid groups (broad SMARTS) is 1. The van der Waals surface area contributed by atoms with Crippen molar-refractivity contribution in [1.82, 2.24) is 9.55 Å². The van der Waals surface area contributed by atoms with E-state index in [0.717, 1.165) is 0 Å². The van der Waals surface area contributed by atoms with Gasteiger partial charge in [-0.1, -0.05) is 24.3 Å². The lowest BCUT2D eigenvalue weighted by atomic mass is 10.1. The Morgan fingerprint density at radius 2 is 1.97 bits per heavy atom.